The van der Waals surface area contributed by atoms with E-state index in [1.807, 2.05) is 50.2 Å². The molecule has 0 unspecified atom stereocenters. The van der Waals surface area contributed by atoms with E-state index in [1.165, 1.54) is 27.8 Å². The van der Waals surface area contributed by atoms with Gasteiger partial charge in [-0.15, -0.1) is 11.3 Å². The Hall–Kier alpha value is -5.64. The fourth-order valence-corrected chi connectivity index (χ4v) is 7.77. The second kappa shape index (κ2) is 16.6. The Bertz CT molecular complexity index is 2080. The fraction of sp³-hybridized carbons (Fsp3) is 0.421. The molecule has 6 amide bonds. The van der Waals surface area contributed by atoms with E-state index in [0.29, 0.717) is 47.9 Å². The van der Waals surface area contributed by atoms with Crippen LogP contribution in [0, 0.1) is 5.92 Å². The van der Waals surface area contributed by atoms with E-state index in [0.717, 1.165) is 21.2 Å². The average molecular weight is 756 g/mol. The molecule has 2 aliphatic heterocycles. The van der Waals surface area contributed by atoms with Gasteiger partial charge in [0.2, 0.25) is 23.6 Å². The second-order valence-corrected chi connectivity index (χ2v) is 15.1. The van der Waals surface area contributed by atoms with Crippen molar-refractivity contribution in [2.45, 2.75) is 71.6 Å². The van der Waals surface area contributed by atoms with Crippen molar-refractivity contribution in [3.63, 3.8) is 0 Å². The number of hydrogen-bond donors (Lipinski definition) is 5. The Kier molecular flexibility index (Phi) is 11.7. The van der Waals surface area contributed by atoms with Gasteiger partial charge in [-0.05, 0) is 68.2 Å². The molecule has 2 aliphatic rings. The van der Waals surface area contributed by atoms with Gasteiger partial charge in [0.25, 0.3) is 11.8 Å². The SMILES string of the molecule is CC(C)C[C@H]1NC(=O)[C@@H](C)NC(=O)CN(C(=O)c2ccc3sc4c(c3c2)CCNC4=O)CCCNC(=O)Cn2nc(-c3ccccc3)nc2[C@H](C)NC1=O. The Morgan fingerprint density at radius 2 is 1.67 bits per heavy atom. The van der Waals surface area contributed by atoms with Crippen molar-refractivity contribution < 1.29 is 28.8 Å². The predicted octanol–water partition coefficient (Wildman–Crippen LogP) is 2.32. The number of fused-ring (bicyclic) bond motifs is 4. The molecule has 4 aromatic rings. The molecular weight excluding hydrogens is 711 g/mol. The first-order valence-corrected chi connectivity index (χ1v) is 19.0. The second-order valence-electron chi connectivity index (χ2n) is 14.1. The van der Waals surface area contributed by atoms with Crippen LogP contribution in [-0.2, 0) is 32.1 Å². The van der Waals surface area contributed by atoms with Gasteiger partial charge in [-0.3, -0.25) is 28.8 Å². The van der Waals surface area contributed by atoms with Crippen LogP contribution in [0.2, 0.25) is 0 Å². The number of hydrogen-bond acceptors (Lipinski definition) is 9. The molecule has 0 saturated heterocycles. The summed E-state index contributed by atoms with van der Waals surface area (Å²) in [6, 6.07) is 11.9. The van der Waals surface area contributed by atoms with Crippen molar-refractivity contribution in [3.05, 3.63) is 70.4 Å². The molecule has 284 valence electrons. The number of thiophene rings is 1. The molecule has 0 saturated carbocycles. The van der Waals surface area contributed by atoms with Crippen LogP contribution in [0.5, 0.6) is 0 Å². The minimum absolute atomic E-state index is 0.0374. The number of nitrogens with one attached hydrogen (secondary N) is 5. The topological polar surface area (TPSA) is 197 Å². The number of benzene rings is 2. The summed E-state index contributed by atoms with van der Waals surface area (Å²) in [4.78, 5) is 86.9. The van der Waals surface area contributed by atoms with E-state index in [9.17, 15) is 28.8 Å². The highest BCUT2D eigenvalue weighted by Gasteiger charge is 2.30. The summed E-state index contributed by atoms with van der Waals surface area (Å²) in [6.07, 6.45) is 1.28. The van der Waals surface area contributed by atoms with E-state index in [4.69, 9.17) is 4.98 Å². The number of carbonyl (C=O) groups is 6. The van der Waals surface area contributed by atoms with Gasteiger partial charge in [0.1, 0.15) is 24.5 Å². The lowest BCUT2D eigenvalue weighted by atomic mass is 10.0. The molecule has 2 aromatic heterocycles. The van der Waals surface area contributed by atoms with E-state index in [2.05, 4.69) is 31.7 Å². The molecule has 16 heteroatoms. The minimum Gasteiger partial charge on any atom is -0.354 e. The fourth-order valence-electron chi connectivity index (χ4n) is 6.62. The molecular formula is C38H45N9O6S. The first-order chi connectivity index (χ1) is 25.9. The van der Waals surface area contributed by atoms with E-state index >= 15 is 0 Å². The monoisotopic (exact) mass is 755 g/mol. The highest BCUT2D eigenvalue weighted by atomic mass is 32.1. The summed E-state index contributed by atoms with van der Waals surface area (Å²) in [5.74, 6) is -1.71. The molecule has 3 atom stereocenters. The highest BCUT2D eigenvalue weighted by molar-refractivity contribution is 7.21. The maximum atomic E-state index is 14.0. The third kappa shape index (κ3) is 8.76. The summed E-state index contributed by atoms with van der Waals surface area (Å²) in [5.41, 5.74) is 1.98. The van der Waals surface area contributed by atoms with Crippen molar-refractivity contribution in [2.24, 2.45) is 5.92 Å². The normalized spacial score (nSPS) is 20.7. The predicted molar refractivity (Wildman–Crippen MR) is 202 cm³/mol. The van der Waals surface area contributed by atoms with Gasteiger partial charge in [0, 0.05) is 35.5 Å². The van der Waals surface area contributed by atoms with Crippen molar-refractivity contribution >= 4 is 56.9 Å². The molecule has 54 heavy (non-hydrogen) atoms. The molecule has 5 N–H and O–H groups in total. The van der Waals surface area contributed by atoms with Gasteiger partial charge in [0.15, 0.2) is 5.82 Å². The van der Waals surface area contributed by atoms with Crippen molar-refractivity contribution in [1.29, 1.82) is 0 Å². The number of nitrogens with zero attached hydrogens (tertiary/aromatic N) is 4. The lowest BCUT2D eigenvalue weighted by Crippen LogP contribution is -2.54. The maximum absolute atomic E-state index is 14.0. The van der Waals surface area contributed by atoms with Crippen LogP contribution in [0.1, 0.15) is 78.0 Å². The summed E-state index contributed by atoms with van der Waals surface area (Å²) >= 11 is 1.38. The summed E-state index contributed by atoms with van der Waals surface area (Å²) < 4.78 is 2.34. The van der Waals surface area contributed by atoms with Gasteiger partial charge in [0.05, 0.1) is 17.5 Å². The van der Waals surface area contributed by atoms with Crippen molar-refractivity contribution in [1.82, 2.24) is 46.2 Å². The van der Waals surface area contributed by atoms with E-state index in [-0.39, 0.29) is 43.9 Å². The van der Waals surface area contributed by atoms with Crippen LogP contribution >= 0.6 is 11.3 Å². The Labute approximate surface area is 316 Å². The van der Waals surface area contributed by atoms with Crippen molar-refractivity contribution in [3.8, 4) is 11.4 Å². The zero-order valence-electron chi connectivity index (χ0n) is 30.7. The van der Waals surface area contributed by atoms with Gasteiger partial charge < -0.3 is 31.5 Å². The van der Waals surface area contributed by atoms with Crippen LogP contribution < -0.4 is 26.6 Å². The molecule has 0 radical (unpaired) electrons. The average Bonchev–Trinajstić information content (AvgIpc) is 3.74. The lowest BCUT2D eigenvalue weighted by molar-refractivity contribution is -0.132. The minimum atomic E-state index is -1.02. The van der Waals surface area contributed by atoms with Crippen molar-refractivity contribution in [2.75, 3.05) is 26.2 Å². The standard InChI is InChI=1S/C38H45N9O6S/c1-21(2)17-28-36(51)42-22(3)34-44-33(24-9-6-5-7-10-24)45-47(34)20-30(48)39-14-8-16-46(19-31(49)41-23(4)35(50)43-28)38(53)25-11-12-29-27(18-25)26-13-15-40-37(52)32(26)54-29/h5-7,9-12,18,21-23,28H,8,13-17,19-20H2,1-4H3,(H,39,48)(H,40,52)(H,41,49)(H,42,51)(H,43,50)/t22-,23+,28+/m0/s1. The van der Waals surface area contributed by atoms with Gasteiger partial charge in [-0.2, -0.15) is 5.10 Å². The molecule has 6 rings (SSSR count). The first-order valence-electron chi connectivity index (χ1n) is 18.2. The Morgan fingerprint density at radius 1 is 0.889 bits per heavy atom. The van der Waals surface area contributed by atoms with Crippen LogP contribution in [0.15, 0.2) is 48.5 Å². The van der Waals surface area contributed by atoms with Crippen LogP contribution in [0.3, 0.4) is 0 Å². The number of amides is 6. The molecule has 4 heterocycles. The molecule has 15 nitrogen and oxygen atoms in total. The zero-order chi connectivity index (χ0) is 38.5. The molecule has 0 bridgehead atoms. The summed E-state index contributed by atoms with van der Waals surface area (Å²) in [7, 11) is 0. The molecule has 0 fully saturated rings. The van der Waals surface area contributed by atoms with Gasteiger partial charge >= 0.3 is 0 Å². The maximum Gasteiger partial charge on any atom is 0.261 e. The summed E-state index contributed by atoms with van der Waals surface area (Å²) in [5, 5.41) is 19.6. The summed E-state index contributed by atoms with van der Waals surface area (Å²) in [6.45, 7) is 7.38. The van der Waals surface area contributed by atoms with Crippen LogP contribution in [0.25, 0.3) is 21.5 Å². The highest BCUT2D eigenvalue weighted by Crippen LogP contribution is 2.34. The third-order valence-electron chi connectivity index (χ3n) is 9.34. The largest absolute Gasteiger partial charge is 0.354 e. The molecule has 0 aliphatic carbocycles. The Morgan fingerprint density at radius 3 is 2.43 bits per heavy atom. The first kappa shape index (κ1) is 38.1. The molecule has 0 spiro atoms. The van der Waals surface area contributed by atoms with Crippen LogP contribution in [0.4, 0.5) is 0 Å². The van der Waals surface area contributed by atoms with Gasteiger partial charge in [-0.25, -0.2) is 9.67 Å². The van der Waals surface area contributed by atoms with Gasteiger partial charge in [-0.1, -0.05) is 44.2 Å². The lowest BCUT2D eigenvalue weighted by Gasteiger charge is -2.25. The number of aromatic nitrogens is 3. The zero-order valence-corrected chi connectivity index (χ0v) is 31.5. The number of carbonyl (C=O) groups excluding carboxylic acids is 6. The third-order valence-corrected chi connectivity index (χ3v) is 10.5. The smallest absolute Gasteiger partial charge is 0.261 e. The van der Waals surface area contributed by atoms with E-state index < -0.39 is 41.8 Å². The van der Waals surface area contributed by atoms with E-state index in [1.54, 1.807) is 19.1 Å². The van der Waals surface area contributed by atoms with Crippen LogP contribution in [-0.4, -0.2) is 93.4 Å². The number of rotatable bonds is 4. The Balaban J connectivity index is 1.27. The molecule has 2 aromatic carbocycles. The quantitative estimate of drug-likeness (QED) is 0.209.